The number of nitrogens with two attached hydrogens (primary N) is 1. The number of imidazole rings is 1. The number of amides is 2. The van der Waals surface area contributed by atoms with Crippen molar-refractivity contribution in [3.8, 4) is 11.4 Å². The van der Waals surface area contributed by atoms with E-state index in [9.17, 15) is 18.4 Å². The van der Waals surface area contributed by atoms with Crippen molar-refractivity contribution in [3.63, 3.8) is 0 Å². The third-order valence-corrected chi connectivity index (χ3v) is 5.79. The lowest BCUT2D eigenvalue weighted by Crippen LogP contribution is -2.39. The molecule has 9 nitrogen and oxygen atoms in total. The van der Waals surface area contributed by atoms with Crippen LogP contribution in [0.15, 0.2) is 24.4 Å². The lowest BCUT2D eigenvalue weighted by atomic mass is 10.1. The predicted octanol–water partition coefficient (Wildman–Crippen LogP) is 2.02. The Morgan fingerprint density at radius 1 is 1.32 bits per heavy atom. The van der Waals surface area contributed by atoms with Crippen molar-refractivity contribution in [2.24, 2.45) is 5.73 Å². The number of hydrogen-bond donors (Lipinski definition) is 2. The molecule has 1 saturated heterocycles. The Morgan fingerprint density at radius 3 is 2.84 bits per heavy atom. The second kappa shape index (κ2) is 7.40. The summed E-state index contributed by atoms with van der Waals surface area (Å²) < 4.78 is 33.5. The molecule has 31 heavy (non-hydrogen) atoms. The van der Waals surface area contributed by atoms with Crippen LogP contribution in [-0.4, -0.2) is 59.8 Å². The maximum Gasteiger partial charge on any atom is 0.416 e. The highest BCUT2D eigenvalue weighted by atomic mass is 19.3. The van der Waals surface area contributed by atoms with E-state index in [-0.39, 0.29) is 19.0 Å². The summed E-state index contributed by atoms with van der Waals surface area (Å²) in [4.78, 5) is 31.1. The average molecular weight is 432 g/mol. The normalized spacial score (nSPS) is 20.4. The zero-order valence-electron chi connectivity index (χ0n) is 16.6. The summed E-state index contributed by atoms with van der Waals surface area (Å²) >= 11 is 0. The summed E-state index contributed by atoms with van der Waals surface area (Å²) in [5.74, 6) is 0.298. The predicted molar refractivity (Wildman–Crippen MR) is 109 cm³/mol. The molecule has 1 aromatic carbocycles. The molecule has 3 aliphatic rings. The molecule has 1 aliphatic carbocycles. The lowest BCUT2D eigenvalue weighted by molar-refractivity contribution is -0.116. The van der Waals surface area contributed by atoms with Crippen LogP contribution in [0.4, 0.5) is 30.8 Å². The van der Waals surface area contributed by atoms with E-state index in [1.165, 1.54) is 0 Å². The Morgan fingerprint density at radius 2 is 2.13 bits per heavy atom. The average Bonchev–Trinajstić information content (AvgIpc) is 3.40. The molecule has 2 aliphatic heterocycles. The van der Waals surface area contributed by atoms with Gasteiger partial charge in [0.25, 0.3) is 6.43 Å². The number of rotatable bonds is 6. The van der Waals surface area contributed by atoms with E-state index in [4.69, 9.17) is 10.5 Å². The number of primary amides is 1. The third kappa shape index (κ3) is 3.53. The second-order valence-corrected chi connectivity index (χ2v) is 7.94. The molecule has 2 amide bonds. The number of halogens is 2. The van der Waals surface area contributed by atoms with Gasteiger partial charge in [-0.3, -0.25) is 4.79 Å². The smallest absolute Gasteiger partial charge is 0.416 e. The minimum absolute atomic E-state index is 0.0209. The van der Waals surface area contributed by atoms with Gasteiger partial charge in [0.2, 0.25) is 5.91 Å². The molecule has 164 valence electrons. The molecule has 1 saturated carbocycles. The Bertz CT molecular complexity index is 1040. The number of anilines is 3. The maximum atomic E-state index is 13.4. The SMILES string of the molecule is NC(=O)CNc1ccc2c(c1)N(C1CC1)CCn1cc(N3C(=O)OCC3C(F)F)nc1-2. The number of hydrogen-bond acceptors (Lipinski definition) is 6. The van der Waals surface area contributed by atoms with Crippen molar-refractivity contribution in [1.82, 2.24) is 9.55 Å². The zero-order chi connectivity index (χ0) is 21.7. The van der Waals surface area contributed by atoms with Crippen molar-refractivity contribution in [2.45, 2.75) is 37.9 Å². The fourth-order valence-electron chi connectivity index (χ4n) is 4.15. The van der Waals surface area contributed by atoms with Crippen LogP contribution >= 0.6 is 0 Å². The summed E-state index contributed by atoms with van der Waals surface area (Å²) in [6.07, 6.45) is 0.286. The Balaban J connectivity index is 1.54. The first kappa shape index (κ1) is 19.6. The summed E-state index contributed by atoms with van der Waals surface area (Å²) in [6, 6.07) is 4.74. The number of nitrogens with one attached hydrogen (secondary N) is 1. The van der Waals surface area contributed by atoms with Crippen molar-refractivity contribution >= 4 is 29.2 Å². The number of benzene rings is 1. The largest absolute Gasteiger partial charge is 0.447 e. The number of ether oxygens (including phenoxy) is 1. The van der Waals surface area contributed by atoms with Crippen LogP contribution in [0.1, 0.15) is 12.8 Å². The van der Waals surface area contributed by atoms with Gasteiger partial charge in [-0.1, -0.05) is 0 Å². The second-order valence-electron chi connectivity index (χ2n) is 7.94. The summed E-state index contributed by atoms with van der Waals surface area (Å²) in [5, 5.41) is 3.01. The van der Waals surface area contributed by atoms with Gasteiger partial charge in [-0.25, -0.2) is 23.5 Å². The molecule has 5 rings (SSSR count). The Kier molecular flexibility index (Phi) is 4.67. The fraction of sp³-hybridized carbons (Fsp3) is 0.450. The van der Waals surface area contributed by atoms with Gasteiger partial charge in [-0.2, -0.15) is 0 Å². The van der Waals surface area contributed by atoms with Gasteiger partial charge in [0.05, 0.1) is 12.2 Å². The van der Waals surface area contributed by atoms with Gasteiger partial charge in [0, 0.05) is 36.6 Å². The van der Waals surface area contributed by atoms with Gasteiger partial charge in [0.15, 0.2) is 5.82 Å². The topological polar surface area (TPSA) is 106 Å². The highest BCUT2D eigenvalue weighted by Gasteiger charge is 2.42. The minimum atomic E-state index is -2.73. The molecule has 0 bridgehead atoms. The van der Waals surface area contributed by atoms with Gasteiger partial charge >= 0.3 is 6.09 Å². The molecule has 0 spiro atoms. The van der Waals surface area contributed by atoms with Crippen LogP contribution in [-0.2, 0) is 16.1 Å². The van der Waals surface area contributed by atoms with Crippen LogP contribution in [0.5, 0.6) is 0 Å². The number of alkyl halides is 2. The number of aromatic nitrogens is 2. The van der Waals surface area contributed by atoms with E-state index in [1.54, 1.807) is 6.20 Å². The van der Waals surface area contributed by atoms with Crippen LogP contribution in [0, 0.1) is 0 Å². The molecular formula is C20H22F2N6O3. The zero-order valence-corrected chi connectivity index (χ0v) is 16.6. The molecule has 3 N–H and O–H groups in total. The van der Waals surface area contributed by atoms with Crippen molar-refractivity contribution in [2.75, 3.05) is 34.8 Å². The number of carbonyl (C=O) groups is 2. The van der Waals surface area contributed by atoms with E-state index < -0.39 is 24.5 Å². The van der Waals surface area contributed by atoms with Gasteiger partial charge < -0.3 is 25.3 Å². The Labute approximate surface area is 176 Å². The first-order chi connectivity index (χ1) is 14.9. The van der Waals surface area contributed by atoms with Crippen LogP contribution in [0.25, 0.3) is 11.4 Å². The highest BCUT2D eigenvalue weighted by Crippen LogP contribution is 2.42. The van der Waals surface area contributed by atoms with Crippen molar-refractivity contribution in [3.05, 3.63) is 24.4 Å². The summed E-state index contributed by atoms with van der Waals surface area (Å²) in [6.45, 7) is 0.967. The molecule has 1 atom stereocenters. The van der Waals surface area contributed by atoms with Crippen LogP contribution in [0.3, 0.4) is 0 Å². The number of cyclic esters (lactones) is 1. The monoisotopic (exact) mass is 432 g/mol. The quantitative estimate of drug-likeness (QED) is 0.724. The summed E-state index contributed by atoms with van der Waals surface area (Å²) in [5.41, 5.74) is 7.77. The van der Waals surface area contributed by atoms with E-state index >= 15 is 0 Å². The number of fused-ring (bicyclic) bond motifs is 3. The molecule has 1 aromatic heterocycles. The molecule has 1 unspecified atom stereocenters. The first-order valence-corrected chi connectivity index (χ1v) is 10.2. The molecular weight excluding hydrogens is 410 g/mol. The first-order valence-electron chi connectivity index (χ1n) is 10.2. The molecule has 3 heterocycles. The molecule has 2 fully saturated rings. The number of nitrogens with zero attached hydrogens (tertiary/aromatic N) is 4. The van der Waals surface area contributed by atoms with Gasteiger partial charge in [0.1, 0.15) is 18.5 Å². The summed E-state index contributed by atoms with van der Waals surface area (Å²) in [7, 11) is 0. The minimum Gasteiger partial charge on any atom is -0.447 e. The van der Waals surface area contributed by atoms with E-state index in [0.717, 1.165) is 34.7 Å². The van der Waals surface area contributed by atoms with Crippen LogP contribution < -0.4 is 20.9 Å². The standard InChI is InChI=1S/C20H22F2N6O3/c21-18(22)15-10-31-20(30)28(15)17-9-26-5-6-27(12-2-3-12)14-7-11(24-8-16(23)29)1-4-13(14)19(26)25-17/h1,4,7,9,12,15,18,24H,2-3,5-6,8,10H2,(H2,23,29). The molecule has 2 aromatic rings. The molecule has 11 heteroatoms. The highest BCUT2D eigenvalue weighted by molar-refractivity contribution is 5.90. The number of carbonyl (C=O) groups excluding carboxylic acids is 2. The van der Waals surface area contributed by atoms with Crippen molar-refractivity contribution < 1.29 is 23.1 Å². The van der Waals surface area contributed by atoms with E-state index in [0.29, 0.717) is 25.0 Å². The third-order valence-electron chi connectivity index (χ3n) is 5.79. The molecule has 0 radical (unpaired) electrons. The van der Waals surface area contributed by atoms with Crippen LogP contribution in [0.2, 0.25) is 0 Å². The fourth-order valence-corrected chi connectivity index (χ4v) is 4.15. The van der Waals surface area contributed by atoms with E-state index in [2.05, 4.69) is 15.2 Å². The lowest BCUT2D eigenvalue weighted by Gasteiger charge is -2.25. The van der Waals surface area contributed by atoms with Gasteiger partial charge in [-0.15, -0.1) is 0 Å². The van der Waals surface area contributed by atoms with Gasteiger partial charge in [-0.05, 0) is 31.0 Å². The maximum absolute atomic E-state index is 13.4. The van der Waals surface area contributed by atoms with E-state index in [1.807, 2.05) is 22.8 Å². The Hall–Kier alpha value is -3.37. The van der Waals surface area contributed by atoms with Crippen molar-refractivity contribution in [1.29, 1.82) is 0 Å².